The third-order valence-electron chi connectivity index (χ3n) is 2.75. The van der Waals surface area contributed by atoms with E-state index < -0.39 is 17.7 Å². The van der Waals surface area contributed by atoms with Gasteiger partial charge in [-0.3, -0.25) is 9.69 Å². The number of halogens is 3. The molecule has 1 aromatic carbocycles. The van der Waals surface area contributed by atoms with Crippen molar-refractivity contribution >= 4 is 5.97 Å². The highest BCUT2D eigenvalue weighted by Crippen LogP contribution is 2.29. The molecule has 0 saturated carbocycles. The Labute approximate surface area is 109 Å². The Morgan fingerprint density at radius 3 is 2.58 bits per heavy atom. The van der Waals surface area contributed by atoms with Crippen molar-refractivity contribution in [3.8, 4) is 0 Å². The van der Waals surface area contributed by atoms with Gasteiger partial charge in [-0.2, -0.15) is 13.2 Å². The van der Waals surface area contributed by atoms with Crippen LogP contribution in [-0.4, -0.2) is 29.1 Å². The number of carboxylic acid groups (broad SMARTS) is 1. The summed E-state index contributed by atoms with van der Waals surface area (Å²) in [5.41, 5.74) is -0.152. The van der Waals surface area contributed by atoms with Crippen LogP contribution in [0, 0.1) is 0 Å². The molecule has 0 aliphatic rings. The lowest BCUT2D eigenvalue weighted by molar-refractivity contribution is -0.138. The summed E-state index contributed by atoms with van der Waals surface area (Å²) in [5.74, 6) is -0.914. The normalized spacial score (nSPS) is 11.8. The molecular formula is C13H16F3NO2. The van der Waals surface area contributed by atoms with E-state index >= 15 is 0 Å². The highest BCUT2D eigenvalue weighted by atomic mass is 19.4. The van der Waals surface area contributed by atoms with Crippen molar-refractivity contribution in [2.75, 3.05) is 13.1 Å². The molecule has 0 radical (unpaired) electrons. The summed E-state index contributed by atoms with van der Waals surface area (Å²) in [5, 5.41) is 8.60. The minimum Gasteiger partial charge on any atom is -0.481 e. The fourth-order valence-corrected chi connectivity index (χ4v) is 1.71. The molecule has 0 heterocycles. The molecule has 1 rings (SSSR count). The number of hydrogen-bond donors (Lipinski definition) is 1. The van der Waals surface area contributed by atoms with Gasteiger partial charge < -0.3 is 5.11 Å². The van der Waals surface area contributed by atoms with E-state index in [9.17, 15) is 18.0 Å². The van der Waals surface area contributed by atoms with Gasteiger partial charge in [-0.05, 0) is 18.2 Å². The largest absolute Gasteiger partial charge is 0.481 e. The Bertz CT molecular complexity index is 432. The van der Waals surface area contributed by atoms with Crippen molar-refractivity contribution in [3.05, 3.63) is 35.4 Å². The molecule has 0 bridgehead atoms. The lowest BCUT2D eigenvalue weighted by Crippen LogP contribution is -2.25. The number of rotatable bonds is 6. The molecule has 19 heavy (non-hydrogen) atoms. The van der Waals surface area contributed by atoms with Gasteiger partial charge in [0.1, 0.15) is 0 Å². The second-order valence-electron chi connectivity index (χ2n) is 4.21. The van der Waals surface area contributed by atoms with E-state index in [2.05, 4.69) is 0 Å². The van der Waals surface area contributed by atoms with Gasteiger partial charge in [0.2, 0.25) is 0 Å². The van der Waals surface area contributed by atoms with Crippen LogP contribution in [0.1, 0.15) is 24.5 Å². The Balaban J connectivity index is 2.72. The number of carbonyl (C=O) groups is 1. The zero-order chi connectivity index (χ0) is 14.5. The molecule has 6 heteroatoms. The standard InChI is InChI=1S/C13H16F3NO2/c1-2-17(7-6-12(18)19)9-10-4-3-5-11(8-10)13(14,15)16/h3-5,8H,2,6-7,9H2,1H3,(H,18,19). The van der Waals surface area contributed by atoms with Gasteiger partial charge in [-0.15, -0.1) is 0 Å². The van der Waals surface area contributed by atoms with Gasteiger partial charge in [-0.1, -0.05) is 25.1 Å². The Hall–Kier alpha value is -1.56. The zero-order valence-corrected chi connectivity index (χ0v) is 10.6. The van der Waals surface area contributed by atoms with Crippen LogP contribution in [0.3, 0.4) is 0 Å². The van der Waals surface area contributed by atoms with E-state index in [1.807, 2.05) is 6.92 Å². The quantitative estimate of drug-likeness (QED) is 0.867. The van der Waals surface area contributed by atoms with Crippen molar-refractivity contribution in [1.82, 2.24) is 4.90 Å². The number of alkyl halides is 3. The minimum absolute atomic E-state index is 0.0210. The summed E-state index contributed by atoms with van der Waals surface area (Å²) < 4.78 is 37.6. The SMILES string of the molecule is CCN(CCC(=O)O)Cc1cccc(C(F)(F)F)c1. The molecule has 0 spiro atoms. The first kappa shape index (κ1) is 15.5. The molecule has 106 valence electrons. The van der Waals surface area contributed by atoms with E-state index in [-0.39, 0.29) is 6.42 Å². The lowest BCUT2D eigenvalue weighted by Gasteiger charge is -2.20. The van der Waals surface area contributed by atoms with Crippen LogP contribution in [0.4, 0.5) is 13.2 Å². The maximum Gasteiger partial charge on any atom is 0.416 e. The van der Waals surface area contributed by atoms with Crippen LogP contribution in [0.25, 0.3) is 0 Å². The monoisotopic (exact) mass is 275 g/mol. The molecule has 3 nitrogen and oxygen atoms in total. The minimum atomic E-state index is -4.35. The molecule has 0 unspecified atom stereocenters. The van der Waals surface area contributed by atoms with E-state index in [0.717, 1.165) is 12.1 Å². The predicted octanol–water partition coefficient (Wildman–Crippen LogP) is 3.00. The number of hydrogen-bond acceptors (Lipinski definition) is 2. The van der Waals surface area contributed by atoms with Gasteiger partial charge in [0, 0.05) is 13.1 Å². The number of carboxylic acids is 1. The number of benzene rings is 1. The van der Waals surface area contributed by atoms with Crippen LogP contribution in [0.15, 0.2) is 24.3 Å². The predicted molar refractivity (Wildman–Crippen MR) is 64.6 cm³/mol. The van der Waals surface area contributed by atoms with Crippen molar-refractivity contribution < 1.29 is 23.1 Å². The maximum absolute atomic E-state index is 12.5. The molecule has 1 N–H and O–H groups in total. The molecule has 0 saturated heterocycles. The topological polar surface area (TPSA) is 40.5 Å². The van der Waals surface area contributed by atoms with Gasteiger partial charge in [0.25, 0.3) is 0 Å². The van der Waals surface area contributed by atoms with E-state index in [1.165, 1.54) is 6.07 Å². The van der Waals surface area contributed by atoms with E-state index in [1.54, 1.807) is 11.0 Å². The van der Waals surface area contributed by atoms with Crippen LogP contribution in [0.5, 0.6) is 0 Å². The van der Waals surface area contributed by atoms with Crippen molar-refractivity contribution in [3.63, 3.8) is 0 Å². The van der Waals surface area contributed by atoms with Crippen LogP contribution >= 0.6 is 0 Å². The van der Waals surface area contributed by atoms with Crippen molar-refractivity contribution in [1.29, 1.82) is 0 Å². The van der Waals surface area contributed by atoms with Crippen LogP contribution in [-0.2, 0) is 17.5 Å². The Kier molecular flexibility index (Phi) is 5.35. The summed E-state index contributed by atoms with van der Waals surface area (Å²) in [6.07, 6.45) is -4.37. The fourth-order valence-electron chi connectivity index (χ4n) is 1.71. The summed E-state index contributed by atoms with van der Waals surface area (Å²) in [4.78, 5) is 12.3. The van der Waals surface area contributed by atoms with Gasteiger partial charge in [-0.25, -0.2) is 0 Å². The second-order valence-corrected chi connectivity index (χ2v) is 4.21. The van der Waals surface area contributed by atoms with Crippen LogP contribution in [0.2, 0.25) is 0 Å². The average molecular weight is 275 g/mol. The first-order valence-corrected chi connectivity index (χ1v) is 5.93. The first-order valence-electron chi connectivity index (χ1n) is 5.93. The molecule has 0 aliphatic carbocycles. The lowest BCUT2D eigenvalue weighted by atomic mass is 10.1. The molecule has 0 fully saturated rings. The summed E-state index contributed by atoms with van der Waals surface area (Å²) >= 11 is 0. The molecule has 0 aromatic heterocycles. The zero-order valence-electron chi connectivity index (χ0n) is 10.6. The second kappa shape index (κ2) is 6.56. The van der Waals surface area contributed by atoms with Crippen LogP contribution < -0.4 is 0 Å². The summed E-state index contributed by atoms with van der Waals surface area (Å²) in [6.45, 7) is 3.06. The third kappa shape index (κ3) is 5.30. The third-order valence-corrected chi connectivity index (χ3v) is 2.75. The molecule has 0 aliphatic heterocycles. The van der Waals surface area contributed by atoms with Crippen molar-refractivity contribution in [2.45, 2.75) is 26.1 Å². The number of nitrogens with zero attached hydrogens (tertiary/aromatic N) is 1. The number of aliphatic carboxylic acids is 1. The summed E-state index contributed by atoms with van der Waals surface area (Å²) in [7, 11) is 0. The fraction of sp³-hybridized carbons (Fsp3) is 0.462. The molecule has 1 aromatic rings. The van der Waals surface area contributed by atoms with E-state index in [0.29, 0.717) is 25.2 Å². The van der Waals surface area contributed by atoms with E-state index in [4.69, 9.17) is 5.11 Å². The maximum atomic E-state index is 12.5. The summed E-state index contributed by atoms with van der Waals surface area (Å²) in [6, 6.07) is 5.10. The van der Waals surface area contributed by atoms with Gasteiger partial charge in [0.05, 0.1) is 12.0 Å². The average Bonchev–Trinajstić information content (AvgIpc) is 2.33. The Morgan fingerprint density at radius 1 is 1.37 bits per heavy atom. The van der Waals surface area contributed by atoms with Gasteiger partial charge >= 0.3 is 12.1 Å². The highest BCUT2D eigenvalue weighted by molar-refractivity contribution is 5.66. The first-order chi connectivity index (χ1) is 8.82. The van der Waals surface area contributed by atoms with Gasteiger partial charge in [0.15, 0.2) is 0 Å². The Morgan fingerprint density at radius 2 is 2.05 bits per heavy atom. The van der Waals surface area contributed by atoms with Crippen molar-refractivity contribution in [2.24, 2.45) is 0 Å². The highest BCUT2D eigenvalue weighted by Gasteiger charge is 2.30. The smallest absolute Gasteiger partial charge is 0.416 e. The molecular weight excluding hydrogens is 259 g/mol. The molecule has 0 atom stereocenters. The molecule has 0 amide bonds.